The summed E-state index contributed by atoms with van der Waals surface area (Å²) >= 11 is 12.2. The number of benzene rings is 1. The van der Waals surface area contributed by atoms with Gasteiger partial charge in [0.2, 0.25) is 5.91 Å². The van der Waals surface area contributed by atoms with Gasteiger partial charge in [0.1, 0.15) is 0 Å². The van der Waals surface area contributed by atoms with Crippen LogP contribution in [-0.2, 0) is 11.2 Å². The van der Waals surface area contributed by atoms with Gasteiger partial charge in [-0.15, -0.1) is 0 Å². The van der Waals surface area contributed by atoms with E-state index in [1.165, 1.54) is 0 Å². The molecule has 1 aromatic rings. The molecular weight excluding hydrogens is 297 g/mol. The zero-order valence-electron chi connectivity index (χ0n) is 11.5. The Morgan fingerprint density at radius 3 is 2.50 bits per heavy atom. The summed E-state index contributed by atoms with van der Waals surface area (Å²) in [6.45, 7) is 0. The van der Waals surface area contributed by atoms with Crippen LogP contribution in [0.15, 0.2) is 18.2 Å². The highest BCUT2D eigenvalue weighted by molar-refractivity contribution is 6.36. The molecule has 1 aliphatic rings. The maximum atomic E-state index is 12.4. The molecule has 1 fully saturated rings. The topological polar surface area (TPSA) is 40.5 Å². The molecule has 0 bridgehead atoms. The van der Waals surface area contributed by atoms with Gasteiger partial charge in [0.15, 0.2) is 0 Å². The van der Waals surface area contributed by atoms with E-state index in [1.54, 1.807) is 30.1 Å². The molecule has 0 saturated heterocycles. The van der Waals surface area contributed by atoms with Gasteiger partial charge in [-0.25, -0.2) is 0 Å². The van der Waals surface area contributed by atoms with Crippen molar-refractivity contribution >= 4 is 29.1 Å². The SMILES string of the molecule is CN(C(=O)Cc1c(Cl)cccc1Cl)C1CCCCC1O. The average molecular weight is 316 g/mol. The van der Waals surface area contributed by atoms with Crippen LogP contribution in [0.3, 0.4) is 0 Å². The number of halogens is 2. The standard InChI is InChI=1S/C15H19Cl2NO2/c1-18(13-7-2-3-8-14(13)19)15(20)9-10-11(16)5-4-6-12(10)17/h4-6,13-14,19H,2-3,7-9H2,1H3. The Morgan fingerprint density at radius 2 is 1.90 bits per heavy atom. The lowest BCUT2D eigenvalue weighted by molar-refractivity contribution is -0.134. The highest BCUT2D eigenvalue weighted by Gasteiger charge is 2.29. The van der Waals surface area contributed by atoms with Gasteiger partial charge in [-0.3, -0.25) is 4.79 Å². The second-order valence-corrected chi connectivity index (χ2v) is 6.12. The maximum Gasteiger partial charge on any atom is 0.227 e. The summed E-state index contributed by atoms with van der Waals surface area (Å²) in [5, 5.41) is 11.0. The number of hydrogen-bond acceptors (Lipinski definition) is 2. The number of likely N-dealkylation sites (N-methyl/N-ethyl adjacent to an activating group) is 1. The smallest absolute Gasteiger partial charge is 0.227 e. The van der Waals surface area contributed by atoms with E-state index >= 15 is 0 Å². The van der Waals surface area contributed by atoms with E-state index in [0.717, 1.165) is 25.7 Å². The van der Waals surface area contributed by atoms with Gasteiger partial charge in [0, 0.05) is 17.1 Å². The first-order chi connectivity index (χ1) is 9.50. The van der Waals surface area contributed by atoms with Crippen molar-refractivity contribution in [2.45, 2.75) is 44.2 Å². The summed E-state index contributed by atoms with van der Waals surface area (Å²) in [5.41, 5.74) is 0.651. The number of carbonyl (C=O) groups excluding carboxylic acids is 1. The van der Waals surface area contributed by atoms with Crippen molar-refractivity contribution in [3.05, 3.63) is 33.8 Å². The molecule has 5 heteroatoms. The van der Waals surface area contributed by atoms with Crippen LogP contribution in [-0.4, -0.2) is 35.1 Å². The third-order valence-electron chi connectivity index (χ3n) is 3.97. The average Bonchev–Trinajstić information content (AvgIpc) is 2.42. The van der Waals surface area contributed by atoms with Crippen LogP contribution in [0, 0.1) is 0 Å². The summed E-state index contributed by atoms with van der Waals surface area (Å²) < 4.78 is 0. The highest BCUT2D eigenvalue weighted by Crippen LogP contribution is 2.27. The molecule has 3 nitrogen and oxygen atoms in total. The Bertz CT molecular complexity index is 473. The van der Waals surface area contributed by atoms with Crippen LogP contribution in [0.5, 0.6) is 0 Å². The quantitative estimate of drug-likeness (QED) is 0.929. The minimum Gasteiger partial charge on any atom is -0.391 e. The molecule has 1 aliphatic carbocycles. The molecule has 110 valence electrons. The Hall–Kier alpha value is -0.770. The molecule has 1 amide bonds. The van der Waals surface area contributed by atoms with Crippen LogP contribution in [0.1, 0.15) is 31.2 Å². The fraction of sp³-hybridized carbons (Fsp3) is 0.533. The van der Waals surface area contributed by atoms with Crippen LogP contribution in [0.25, 0.3) is 0 Å². The van der Waals surface area contributed by atoms with Crippen LogP contribution >= 0.6 is 23.2 Å². The number of nitrogens with zero attached hydrogens (tertiary/aromatic N) is 1. The molecule has 2 unspecified atom stereocenters. The van der Waals surface area contributed by atoms with E-state index in [-0.39, 0.29) is 18.4 Å². The molecule has 0 radical (unpaired) electrons. The van der Waals surface area contributed by atoms with E-state index in [2.05, 4.69) is 0 Å². The third kappa shape index (κ3) is 3.46. The molecule has 20 heavy (non-hydrogen) atoms. The number of amides is 1. The number of aliphatic hydroxyl groups excluding tert-OH is 1. The normalized spacial score (nSPS) is 22.6. The second-order valence-electron chi connectivity index (χ2n) is 5.30. The predicted octanol–water partition coefficient (Wildman–Crippen LogP) is 3.30. The molecule has 1 saturated carbocycles. The molecule has 1 aromatic carbocycles. The molecule has 2 atom stereocenters. The lowest BCUT2D eigenvalue weighted by Gasteiger charge is -2.35. The molecule has 0 spiro atoms. The number of rotatable bonds is 3. The molecule has 0 aliphatic heterocycles. The van der Waals surface area contributed by atoms with Crippen molar-refractivity contribution in [2.24, 2.45) is 0 Å². The van der Waals surface area contributed by atoms with Gasteiger partial charge in [0.05, 0.1) is 18.6 Å². The Kier molecular flexibility index (Phi) is 5.30. The highest BCUT2D eigenvalue weighted by atomic mass is 35.5. The van der Waals surface area contributed by atoms with E-state index in [1.807, 2.05) is 0 Å². The van der Waals surface area contributed by atoms with Gasteiger partial charge in [-0.1, -0.05) is 42.1 Å². The summed E-state index contributed by atoms with van der Waals surface area (Å²) in [5.74, 6) is -0.0639. The van der Waals surface area contributed by atoms with Gasteiger partial charge < -0.3 is 10.0 Å². The number of hydrogen-bond donors (Lipinski definition) is 1. The summed E-state index contributed by atoms with van der Waals surface area (Å²) in [7, 11) is 1.74. The van der Waals surface area contributed by atoms with E-state index < -0.39 is 6.10 Å². The first-order valence-electron chi connectivity index (χ1n) is 6.87. The zero-order chi connectivity index (χ0) is 14.7. The van der Waals surface area contributed by atoms with E-state index in [9.17, 15) is 9.90 Å². The third-order valence-corrected chi connectivity index (χ3v) is 4.68. The molecular formula is C15H19Cl2NO2. The first kappa shape index (κ1) is 15.6. The van der Waals surface area contributed by atoms with E-state index in [4.69, 9.17) is 23.2 Å². The van der Waals surface area contributed by atoms with Gasteiger partial charge in [-0.2, -0.15) is 0 Å². The summed E-state index contributed by atoms with van der Waals surface area (Å²) in [6, 6.07) is 5.11. The van der Waals surface area contributed by atoms with Crippen molar-refractivity contribution in [3.8, 4) is 0 Å². The van der Waals surface area contributed by atoms with Crippen molar-refractivity contribution in [1.29, 1.82) is 0 Å². The van der Waals surface area contributed by atoms with Crippen LogP contribution in [0.2, 0.25) is 10.0 Å². The molecule has 1 N–H and O–H groups in total. The largest absolute Gasteiger partial charge is 0.391 e. The number of aliphatic hydroxyl groups is 1. The van der Waals surface area contributed by atoms with Crippen molar-refractivity contribution in [1.82, 2.24) is 4.90 Å². The Labute approximate surface area is 129 Å². The zero-order valence-corrected chi connectivity index (χ0v) is 13.0. The Morgan fingerprint density at radius 1 is 1.30 bits per heavy atom. The Balaban J connectivity index is 2.07. The van der Waals surface area contributed by atoms with Crippen LogP contribution in [0.4, 0.5) is 0 Å². The van der Waals surface area contributed by atoms with Gasteiger partial charge in [0.25, 0.3) is 0 Å². The molecule has 2 rings (SSSR count). The van der Waals surface area contributed by atoms with Crippen LogP contribution < -0.4 is 0 Å². The minimum absolute atomic E-state index is 0.0639. The number of carbonyl (C=O) groups is 1. The van der Waals surface area contributed by atoms with Gasteiger partial charge in [-0.05, 0) is 30.5 Å². The lowest BCUT2D eigenvalue weighted by atomic mass is 9.91. The monoisotopic (exact) mass is 315 g/mol. The maximum absolute atomic E-state index is 12.4. The van der Waals surface area contributed by atoms with Crippen molar-refractivity contribution < 1.29 is 9.90 Å². The molecule has 0 heterocycles. The lowest BCUT2D eigenvalue weighted by Crippen LogP contribution is -2.46. The summed E-state index contributed by atoms with van der Waals surface area (Å²) in [6.07, 6.45) is 3.41. The minimum atomic E-state index is -0.431. The van der Waals surface area contributed by atoms with E-state index in [0.29, 0.717) is 15.6 Å². The first-order valence-corrected chi connectivity index (χ1v) is 7.63. The van der Waals surface area contributed by atoms with Crippen molar-refractivity contribution in [3.63, 3.8) is 0 Å². The van der Waals surface area contributed by atoms with Gasteiger partial charge >= 0.3 is 0 Å². The fourth-order valence-corrected chi connectivity index (χ4v) is 3.24. The summed E-state index contributed by atoms with van der Waals surface area (Å²) in [4.78, 5) is 14.0. The second kappa shape index (κ2) is 6.79. The fourth-order valence-electron chi connectivity index (χ4n) is 2.71. The van der Waals surface area contributed by atoms with Crippen molar-refractivity contribution in [2.75, 3.05) is 7.05 Å². The molecule has 0 aromatic heterocycles. The predicted molar refractivity (Wildman–Crippen MR) is 81.2 cm³/mol.